The maximum Gasteiger partial charge on any atom is 0.251 e. The minimum absolute atomic E-state index is 0. The Kier molecular flexibility index (Phi) is 9.02. The average molecular weight is 391 g/mol. The molecule has 1 aliphatic rings. The number of thioether (sulfide) groups is 1. The fraction of sp³-hybridized carbons (Fsp3) is 0.381. The van der Waals surface area contributed by atoms with Crippen LogP contribution in [0.4, 0.5) is 0 Å². The Labute approximate surface area is 166 Å². The highest BCUT2D eigenvalue weighted by Gasteiger charge is 2.13. The van der Waals surface area contributed by atoms with E-state index in [1.165, 1.54) is 23.3 Å². The summed E-state index contributed by atoms with van der Waals surface area (Å²) in [7, 11) is 0. The quantitative estimate of drug-likeness (QED) is 0.683. The number of halogens is 1. The minimum atomic E-state index is 0. The predicted octanol–water partition coefficient (Wildman–Crippen LogP) is 4.52. The van der Waals surface area contributed by atoms with E-state index in [9.17, 15) is 4.79 Å². The Hall–Kier alpha value is -1.49. The van der Waals surface area contributed by atoms with Crippen LogP contribution < -0.4 is 10.6 Å². The lowest BCUT2D eigenvalue weighted by atomic mass is 9.96. The molecular formula is C21H27ClN2OS. The molecule has 1 amide bonds. The first-order chi connectivity index (χ1) is 12.3. The summed E-state index contributed by atoms with van der Waals surface area (Å²) >= 11 is 1.81. The molecule has 0 aromatic heterocycles. The molecule has 2 N–H and O–H groups in total. The van der Waals surface area contributed by atoms with Crippen LogP contribution in [0.1, 0.15) is 35.2 Å². The molecule has 5 heteroatoms. The van der Waals surface area contributed by atoms with Gasteiger partial charge in [-0.05, 0) is 68.1 Å². The normalized spacial score (nSPS) is 16.5. The van der Waals surface area contributed by atoms with Gasteiger partial charge in [0.15, 0.2) is 0 Å². The summed E-state index contributed by atoms with van der Waals surface area (Å²) in [6.07, 6.45) is 3.59. The number of amides is 1. The minimum Gasteiger partial charge on any atom is -0.352 e. The van der Waals surface area contributed by atoms with E-state index >= 15 is 0 Å². The van der Waals surface area contributed by atoms with Crippen molar-refractivity contribution in [3.05, 3.63) is 65.7 Å². The number of piperidine rings is 1. The number of rotatable bonds is 7. The second kappa shape index (κ2) is 11.3. The molecule has 3 nitrogen and oxygen atoms in total. The summed E-state index contributed by atoms with van der Waals surface area (Å²) in [5.41, 5.74) is 1.98. The number of hydrogen-bond acceptors (Lipinski definition) is 3. The van der Waals surface area contributed by atoms with E-state index < -0.39 is 0 Å². The second-order valence-corrected chi connectivity index (χ2v) is 7.60. The molecule has 26 heavy (non-hydrogen) atoms. The van der Waals surface area contributed by atoms with E-state index in [4.69, 9.17) is 0 Å². The highest BCUT2D eigenvalue weighted by Crippen LogP contribution is 2.22. The maximum absolute atomic E-state index is 12.2. The molecule has 1 unspecified atom stereocenters. The van der Waals surface area contributed by atoms with Crippen molar-refractivity contribution in [2.75, 3.05) is 19.6 Å². The summed E-state index contributed by atoms with van der Waals surface area (Å²) < 4.78 is 0. The molecule has 0 spiro atoms. The van der Waals surface area contributed by atoms with Gasteiger partial charge in [0.05, 0.1) is 0 Å². The topological polar surface area (TPSA) is 41.1 Å². The number of nitrogens with one attached hydrogen (secondary N) is 2. The Morgan fingerprint density at radius 2 is 1.88 bits per heavy atom. The van der Waals surface area contributed by atoms with Crippen LogP contribution >= 0.6 is 24.2 Å². The molecule has 140 valence electrons. The van der Waals surface area contributed by atoms with Gasteiger partial charge in [0.2, 0.25) is 0 Å². The highest BCUT2D eigenvalue weighted by atomic mass is 35.5. The zero-order valence-electron chi connectivity index (χ0n) is 14.9. The van der Waals surface area contributed by atoms with Crippen molar-refractivity contribution < 1.29 is 4.79 Å². The summed E-state index contributed by atoms with van der Waals surface area (Å²) in [6.45, 7) is 2.98. The maximum atomic E-state index is 12.2. The zero-order chi connectivity index (χ0) is 17.3. The van der Waals surface area contributed by atoms with Crippen LogP contribution in [0.5, 0.6) is 0 Å². The Bertz CT molecular complexity index is 657. The molecular weight excluding hydrogens is 364 g/mol. The molecule has 0 bridgehead atoms. The first kappa shape index (κ1) is 20.8. The van der Waals surface area contributed by atoms with Crippen molar-refractivity contribution in [2.24, 2.45) is 5.92 Å². The van der Waals surface area contributed by atoms with Crippen molar-refractivity contribution in [3.8, 4) is 0 Å². The van der Waals surface area contributed by atoms with Crippen LogP contribution in [0, 0.1) is 5.92 Å². The number of benzene rings is 2. The summed E-state index contributed by atoms with van der Waals surface area (Å²) in [5, 5.41) is 6.47. The van der Waals surface area contributed by atoms with Crippen LogP contribution in [0.2, 0.25) is 0 Å². The van der Waals surface area contributed by atoms with E-state index in [0.717, 1.165) is 37.4 Å². The van der Waals surface area contributed by atoms with E-state index in [0.29, 0.717) is 5.92 Å². The van der Waals surface area contributed by atoms with Gasteiger partial charge in [-0.3, -0.25) is 4.79 Å². The molecule has 2 aromatic rings. The summed E-state index contributed by atoms with van der Waals surface area (Å²) in [4.78, 5) is 13.5. The summed E-state index contributed by atoms with van der Waals surface area (Å²) in [5.74, 6) is 1.65. The number of carbonyl (C=O) groups excluding carboxylic acids is 1. The molecule has 2 aromatic carbocycles. The smallest absolute Gasteiger partial charge is 0.251 e. The predicted molar refractivity (Wildman–Crippen MR) is 112 cm³/mol. The third-order valence-corrected chi connectivity index (χ3v) is 5.69. The highest BCUT2D eigenvalue weighted by molar-refractivity contribution is 7.98. The van der Waals surface area contributed by atoms with Crippen molar-refractivity contribution in [1.82, 2.24) is 10.6 Å². The van der Waals surface area contributed by atoms with E-state index in [-0.39, 0.29) is 18.3 Å². The van der Waals surface area contributed by atoms with Gasteiger partial charge >= 0.3 is 0 Å². The van der Waals surface area contributed by atoms with Crippen LogP contribution in [0.15, 0.2) is 59.5 Å². The zero-order valence-corrected chi connectivity index (χ0v) is 16.6. The van der Waals surface area contributed by atoms with Gasteiger partial charge in [0.25, 0.3) is 5.91 Å². The van der Waals surface area contributed by atoms with Crippen molar-refractivity contribution >= 4 is 30.1 Å². The Morgan fingerprint density at radius 1 is 1.12 bits per heavy atom. The molecule has 1 atom stereocenters. The average Bonchev–Trinajstić information content (AvgIpc) is 2.68. The molecule has 1 fully saturated rings. The lowest BCUT2D eigenvalue weighted by molar-refractivity contribution is 0.0950. The van der Waals surface area contributed by atoms with Gasteiger partial charge in [0, 0.05) is 22.8 Å². The van der Waals surface area contributed by atoms with E-state index in [1.807, 2.05) is 30.0 Å². The van der Waals surface area contributed by atoms with Crippen LogP contribution in [-0.2, 0) is 5.75 Å². The number of hydrogen-bond donors (Lipinski definition) is 2. The van der Waals surface area contributed by atoms with Crippen molar-refractivity contribution in [2.45, 2.75) is 29.9 Å². The molecule has 1 saturated heterocycles. The first-order valence-electron chi connectivity index (χ1n) is 9.07. The largest absolute Gasteiger partial charge is 0.352 e. The van der Waals surface area contributed by atoms with Gasteiger partial charge in [-0.15, -0.1) is 24.2 Å². The third-order valence-electron chi connectivity index (χ3n) is 4.60. The molecule has 1 aliphatic heterocycles. The van der Waals surface area contributed by atoms with Gasteiger partial charge in [-0.25, -0.2) is 0 Å². The Morgan fingerprint density at radius 3 is 2.58 bits per heavy atom. The molecule has 0 radical (unpaired) electrons. The Balaban J connectivity index is 0.00000243. The monoisotopic (exact) mass is 390 g/mol. The van der Waals surface area contributed by atoms with Gasteiger partial charge in [-0.1, -0.05) is 30.3 Å². The molecule has 0 aliphatic carbocycles. The van der Waals surface area contributed by atoms with Gasteiger partial charge in [-0.2, -0.15) is 0 Å². The van der Waals surface area contributed by atoms with E-state index in [2.05, 4.69) is 47.0 Å². The fourth-order valence-electron chi connectivity index (χ4n) is 3.10. The fourth-order valence-corrected chi connectivity index (χ4v) is 3.97. The SMILES string of the molecule is Cl.O=C(NCCC1CCCNC1)c1ccc(CSc2ccccc2)cc1. The summed E-state index contributed by atoms with van der Waals surface area (Å²) in [6, 6.07) is 18.3. The second-order valence-electron chi connectivity index (χ2n) is 6.56. The van der Waals surface area contributed by atoms with Crippen molar-refractivity contribution in [1.29, 1.82) is 0 Å². The van der Waals surface area contributed by atoms with Gasteiger partial charge < -0.3 is 10.6 Å². The first-order valence-corrected chi connectivity index (χ1v) is 10.1. The number of carbonyl (C=O) groups is 1. The molecule has 3 rings (SSSR count). The van der Waals surface area contributed by atoms with Crippen LogP contribution in [0.25, 0.3) is 0 Å². The van der Waals surface area contributed by atoms with E-state index in [1.54, 1.807) is 0 Å². The van der Waals surface area contributed by atoms with Crippen molar-refractivity contribution in [3.63, 3.8) is 0 Å². The molecule has 0 saturated carbocycles. The lowest BCUT2D eigenvalue weighted by Gasteiger charge is -2.22. The van der Waals surface area contributed by atoms with Crippen LogP contribution in [-0.4, -0.2) is 25.5 Å². The third kappa shape index (κ3) is 6.67. The standard InChI is InChI=1S/C21H26N2OS.ClH/c24-21(23-14-12-17-5-4-13-22-15-17)19-10-8-18(9-11-19)16-25-20-6-2-1-3-7-20;/h1-3,6-11,17,22H,4-5,12-16H2,(H,23,24);1H. The molecule has 1 heterocycles. The van der Waals surface area contributed by atoms with Crippen LogP contribution in [0.3, 0.4) is 0 Å². The lowest BCUT2D eigenvalue weighted by Crippen LogP contribution is -2.33. The van der Waals surface area contributed by atoms with Gasteiger partial charge in [0.1, 0.15) is 0 Å².